The van der Waals surface area contributed by atoms with Gasteiger partial charge in [0.25, 0.3) is 0 Å². The minimum atomic E-state index is 0.0109. The molecule has 234 valence electrons. The second kappa shape index (κ2) is 35.4. The fraction of sp³-hybridized carbons (Fsp3) is 0.943. The molecule has 0 saturated carbocycles. The van der Waals surface area contributed by atoms with Crippen molar-refractivity contribution in [3.63, 3.8) is 0 Å². The maximum atomic E-state index is 6.18. The molecule has 39 heavy (non-hydrogen) atoms. The van der Waals surface area contributed by atoms with Gasteiger partial charge in [0.2, 0.25) is 0 Å². The van der Waals surface area contributed by atoms with E-state index in [9.17, 15) is 0 Å². The number of hydrogen-bond acceptors (Lipinski definition) is 4. The zero-order valence-electron chi connectivity index (χ0n) is 26.9. The van der Waals surface area contributed by atoms with E-state index in [-0.39, 0.29) is 6.29 Å². The molecule has 0 unspecified atom stereocenters. The molecule has 0 atom stereocenters. The van der Waals surface area contributed by atoms with Crippen molar-refractivity contribution in [1.82, 2.24) is 0 Å². The highest BCUT2D eigenvalue weighted by Crippen LogP contribution is 2.15. The SMILES string of the molecule is CCCCCCCCOC(CCCCCCCCCC=COCOCCCCCC)OCCCCCCCC. The third-order valence-electron chi connectivity index (χ3n) is 7.40. The summed E-state index contributed by atoms with van der Waals surface area (Å²) in [5, 5.41) is 0. The number of allylic oxidation sites excluding steroid dienone is 1. The summed E-state index contributed by atoms with van der Waals surface area (Å²) in [5.41, 5.74) is 0. The van der Waals surface area contributed by atoms with Crippen LogP contribution in [0.4, 0.5) is 0 Å². The number of ether oxygens (including phenoxy) is 4. The van der Waals surface area contributed by atoms with E-state index in [1.807, 2.05) is 6.26 Å². The Morgan fingerprint density at radius 1 is 0.462 bits per heavy atom. The van der Waals surface area contributed by atoms with Gasteiger partial charge in [-0.15, -0.1) is 0 Å². The van der Waals surface area contributed by atoms with Gasteiger partial charge in [-0.1, -0.05) is 136 Å². The lowest BCUT2D eigenvalue weighted by Crippen LogP contribution is -2.19. The van der Waals surface area contributed by atoms with Gasteiger partial charge in [0, 0.05) is 13.2 Å². The van der Waals surface area contributed by atoms with Crippen LogP contribution in [0.5, 0.6) is 0 Å². The minimum Gasteiger partial charge on any atom is -0.475 e. The van der Waals surface area contributed by atoms with E-state index >= 15 is 0 Å². The summed E-state index contributed by atoms with van der Waals surface area (Å²) in [5.74, 6) is 0. The van der Waals surface area contributed by atoms with Crippen LogP contribution in [-0.2, 0) is 18.9 Å². The van der Waals surface area contributed by atoms with E-state index in [2.05, 4.69) is 26.8 Å². The van der Waals surface area contributed by atoms with Crippen molar-refractivity contribution in [3.8, 4) is 0 Å². The maximum Gasteiger partial charge on any atom is 0.188 e. The highest BCUT2D eigenvalue weighted by atomic mass is 16.7. The van der Waals surface area contributed by atoms with Crippen molar-refractivity contribution in [3.05, 3.63) is 12.3 Å². The van der Waals surface area contributed by atoms with E-state index in [1.165, 1.54) is 141 Å². The van der Waals surface area contributed by atoms with Crippen LogP contribution in [0.25, 0.3) is 0 Å². The quantitative estimate of drug-likeness (QED) is 0.0450. The number of rotatable bonds is 34. The lowest BCUT2D eigenvalue weighted by molar-refractivity contribution is -0.148. The third kappa shape index (κ3) is 33.5. The fourth-order valence-corrected chi connectivity index (χ4v) is 4.78. The van der Waals surface area contributed by atoms with Crippen molar-refractivity contribution in [2.24, 2.45) is 0 Å². The summed E-state index contributed by atoms with van der Waals surface area (Å²) >= 11 is 0. The minimum absolute atomic E-state index is 0.0109. The predicted octanol–water partition coefficient (Wildman–Crippen LogP) is 11.7. The summed E-state index contributed by atoms with van der Waals surface area (Å²) in [6, 6.07) is 0. The molecule has 0 aromatic heterocycles. The Morgan fingerprint density at radius 3 is 1.46 bits per heavy atom. The molecule has 0 aliphatic rings. The molecule has 0 spiro atoms. The standard InChI is InChI=1S/C35H70O4/c1-4-7-10-13-22-27-32-38-35(39-33-28-23-14-11-8-5-2)29-24-20-18-16-15-17-19-21-26-31-37-34-36-30-25-12-9-6-3/h26,31,35H,4-25,27-30,32-34H2,1-3H3. The van der Waals surface area contributed by atoms with E-state index in [0.29, 0.717) is 6.79 Å². The van der Waals surface area contributed by atoms with Crippen LogP contribution >= 0.6 is 0 Å². The summed E-state index contributed by atoms with van der Waals surface area (Å²) in [6.45, 7) is 9.70. The van der Waals surface area contributed by atoms with Gasteiger partial charge in [-0.05, 0) is 51.0 Å². The average Bonchev–Trinajstić information content (AvgIpc) is 2.95. The first kappa shape index (κ1) is 38.4. The molecule has 0 aliphatic heterocycles. The topological polar surface area (TPSA) is 36.9 Å². The van der Waals surface area contributed by atoms with Gasteiger partial charge in [-0.2, -0.15) is 0 Å². The molecule has 0 rings (SSSR count). The average molecular weight is 555 g/mol. The van der Waals surface area contributed by atoms with Crippen LogP contribution in [0.15, 0.2) is 12.3 Å². The van der Waals surface area contributed by atoms with Gasteiger partial charge in [0.15, 0.2) is 13.1 Å². The Balaban J connectivity index is 3.71. The lowest BCUT2D eigenvalue weighted by atomic mass is 10.1. The highest BCUT2D eigenvalue weighted by Gasteiger charge is 2.09. The Hall–Kier alpha value is -0.580. The molecule has 0 amide bonds. The molecule has 0 aromatic carbocycles. The van der Waals surface area contributed by atoms with Crippen LogP contribution in [0.1, 0.15) is 181 Å². The van der Waals surface area contributed by atoms with E-state index in [4.69, 9.17) is 18.9 Å². The molecule has 0 fully saturated rings. The van der Waals surface area contributed by atoms with Gasteiger partial charge in [-0.3, -0.25) is 0 Å². The van der Waals surface area contributed by atoms with E-state index in [0.717, 1.165) is 39.1 Å². The molecule has 0 saturated heterocycles. The van der Waals surface area contributed by atoms with Gasteiger partial charge in [0.05, 0.1) is 12.9 Å². The zero-order chi connectivity index (χ0) is 28.3. The number of hydrogen-bond donors (Lipinski definition) is 0. The smallest absolute Gasteiger partial charge is 0.188 e. The van der Waals surface area contributed by atoms with E-state index < -0.39 is 0 Å². The Kier molecular flexibility index (Phi) is 34.9. The second-order valence-electron chi connectivity index (χ2n) is 11.4. The molecule has 0 N–H and O–H groups in total. The van der Waals surface area contributed by atoms with E-state index in [1.54, 1.807) is 0 Å². The van der Waals surface area contributed by atoms with Crippen molar-refractivity contribution in [2.45, 2.75) is 188 Å². The maximum absolute atomic E-state index is 6.18. The number of unbranched alkanes of at least 4 members (excludes halogenated alkanes) is 20. The first-order valence-corrected chi connectivity index (χ1v) is 17.4. The summed E-state index contributed by atoms with van der Waals surface area (Å²) < 4.78 is 23.2. The second-order valence-corrected chi connectivity index (χ2v) is 11.4. The first-order valence-electron chi connectivity index (χ1n) is 17.4. The van der Waals surface area contributed by atoms with Crippen molar-refractivity contribution in [1.29, 1.82) is 0 Å². The van der Waals surface area contributed by atoms with Gasteiger partial charge in [0.1, 0.15) is 0 Å². The lowest BCUT2D eigenvalue weighted by Gasteiger charge is -2.19. The molecule has 4 heteroatoms. The summed E-state index contributed by atoms with van der Waals surface area (Å²) in [4.78, 5) is 0. The molecule has 0 aliphatic carbocycles. The van der Waals surface area contributed by atoms with Crippen LogP contribution in [0, 0.1) is 0 Å². The van der Waals surface area contributed by atoms with Crippen molar-refractivity contribution in [2.75, 3.05) is 26.6 Å². The first-order chi connectivity index (χ1) is 19.3. The molecule has 0 bridgehead atoms. The van der Waals surface area contributed by atoms with Crippen molar-refractivity contribution < 1.29 is 18.9 Å². The zero-order valence-corrected chi connectivity index (χ0v) is 26.9. The molecule has 0 aromatic rings. The highest BCUT2D eigenvalue weighted by molar-refractivity contribution is 4.72. The molecular formula is C35H70O4. The molecule has 4 nitrogen and oxygen atoms in total. The van der Waals surface area contributed by atoms with Crippen LogP contribution in [-0.4, -0.2) is 32.9 Å². The van der Waals surface area contributed by atoms with Gasteiger partial charge >= 0.3 is 0 Å². The molecule has 0 heterocycles. The summed E-state index contributed by atoms with van der Waals surface area (Å²) in [6.07, 6.45) is 35.9. The Bertz CT molecular complexity index is 436. The van der Waals surface area contributed by atoms with Crippen LogP contribution in [0.2, 0.25) is 0 Å². The molecule has 0 radical (unpaired) electrons. The Labute approximate surface area is 245 Å². The summed E-state index contributed by atoms with van der Waals surface area (Å²) in [7, 11) is 0. The monoisotopic (exact) mass is 555 g/mol. The normalized spacial score (nSPS) is 11.8. The van der Waals surface area contributed by atoms with Gasteiger partial charge < -0.3 is 18.9 Å². The fourth-order valence-electron chi connectivity index (χ4n) is 4.78. The van der Waals surface area contributed by atoms with Crippen molar-refractivity contribution >= 4 is 0 Å². The third-order valence-corrected chi connectivity index (χ3v) is 7.40. The predicted molar refractivity (Wildman–Crippen MR) is 169 cm³/mol. The Morgan fingerprint density at radius 2 is 0.897 bits per heavy atom. The van der Waals surface area contributed by atoms with Gasteiger partial charge in [-0.25, -0.2) is 0 Å². The van der Waals surface area contributed by atoms with Crippen LogP contribution in [0.3, 0.4) is 0 Å². The molecular weight excluding hydrogens is 484 g/mol. The van der Waals surface area contributed by atoms with Crippen LogP contribution < -0.4 is 0 Å². The largest absolute Gasteiger partial charge is 0.475 e.